The number of benzene rings is 4. The molecule has 1 N–H and O–H groups in total. The zero-order valence-corrected chi connectivity index (χ0v) is 20.1. The summed E-state index contributed by atoms with van der Waals surface area (Å²) in [5.41, 5.74) is 7.37. The summed E-state index contributed by atoms with van der Waals surface area (Å²) in [5, 5.41) is 6.51. The number of carbonyl (C=O) groups is 1. The molecule has 0 fully saturated rings. The van der Waals surface area contributed by atoms with Gasteiger partial charge in [-0.15, -0.1) is 0 Å². The zero-order valence-electron chi connectivity index (χ0n) is 19.3. The number of sulfonamides is 1. The van der Waals surface area contributed by atoms with Crippen LogP contribution in [0, 0.1) is 6.92 Å². The molecule has 0 heterocycles. The Hall–Kier alpha value is -3.97. The summed E-state index contributed by atoms with van der Waals surface area (Å²) >= 11 is 0. The monoisotopic (exact) mass is 483 g/mol. The van der Waals surface area contributed by atoms with Crippen molar-refractivity contribution < 1.29 is 13.2 Å². The average Bonchev–Trinajstić information content (AvgIpc) is 3.29. The quantitative estimate of drug-likeness (QED) is 0.308. The van der Waals surface area contributed by atoms with Crippen LogP contribution in [0.5, 0.6) is 0 Å². The number of aryl methyl sites for hydroxylation is 3. The topological polar surface area (TPSA) is 78.8 Å². The van der Waals surface area contributed by atoms with Crippen molar-refractivity contribution in [3.05, 3.63) is 107 Å². The molecule has 35 heavy (non-hydrogen) atoms. The maximum Gasteiger partial charge on any atom is 0.264 e. The van der Waals surface area contributed by atoms with Crippen molar-refractivity contribution in [3.8, 4) is 0 Å². The summed E-state index contributed by atoms with van der Waals surface area (Å²) in [6.45, 7) is 1.47. The third-order valence-corrected chi connectivity index (χ3v) is 8.00. The van der Waals surface area contributed by atoms with E-state index in [1.807, 2.05) is 25.1 Å². The van der Waals surface area contributed by atoms with Gasteiger partial charge in [0.15, 0.2) is 0 Å². The van der Waals surface area contributed by atoms with Crippen molar-refractivity contribution in [2.45, 2.75) is 24.7 Å². The van der Waals surface area contributed by atoms with Gasteiger partial charge in [0.05, 0.1) is 16.8 Å². The number of hydrogen-bond donors (Lipinski definition) is 1. The van der Waals surface area contributed by atoms with E-state index in [2.05, 4.69) is 28.7 Å². The Morgan fingerprint density at radius 2 is 1.69 bits per heavy atom. The van der Waals surface area contributed by atoms with Crippen LogP contribution in [0.2, 0.25) is 0 Å². The molecule has 0 aliphatic heterocycles. The number of amides is 1. The molecule has 0 spiro atoms. The van der Waals surface area contributed by atoms with Crippen LogP contribution in [-0.2, 0) is 27.7 Å². The van der Waals surface area contributed by atoms with Crippen LogP contribution in [0.4, 0.5) is 5.69 Å². The van der Waals surface area contributed by atoms with Gasteiger partial charge in [0.25, 0.3) is 15.9 Å². The fourth-order valence-electron chi connectivity index (χ4n) is 4.54. The van der Waals surface area contributed by atoms with Gasteiger partial charge in [-0.25, -0.2) is 13.8 Å². The Balaban J connectivity index is 1.39. The first kappa shape index (κ1) is 22.8. The standard InChI is InChI=1S/C28H25N3O3S/c1-20-7-5-9-24(17-20)31(35(33,34)25-10-3-2-4-11-25)19-27(32)30-29-18-23-16-15-22-14-13-21-8-6-12-26(23)28(21)22/h2-12,15-18H,13-14,19H2,1H3,(H,30,32)/b29-18+. The van der Waals surface area contributed by atoms with E-state index in [4.69, 9.17) is 0 Å². The Labute approximate surface area is 205 Å². The second-order valence-electron chi connectivity index (χ2n) is 8.61. The van der Waals surface area contributed by atoms with Crippen LogP contribution in [0.1, 0.15) is 22.3 Å². The molecule has 5 rings (SSSR count). The molecule has 1 amide bonds. The van der Waals surface area contributed by atoms with Crippen LogP contribution in [0.15, 0.2) is 94.9 Å². The Morgan fingerprint density at radius 1 is 0.943 bits per heavy atom. The second kappa shape index (κ2) is 9.35. The summed E-state index contributed by atoms with van der Waals surface area (Å²) in [5.74, 6) is -0.534. The molecular formula is C28H25N3O3S. The van der Waals surface area contributed by atoms with Gasteiger partial charge in [-0.1, -0.05) is 60.7 Å². The number of anilines is 1. The summed E-state index contributed by atoms with van der Waals surface area (Å²) in [4.78, 5) is 12.9. The zero-order chi connectivity index (χ0) is 24.4. The van der Waals surface area contributed by atoms with Crippen molar-refractivity contribution in [3.63, 3.8) is 0 Å². The van der Waals surface area contributed by atoms with E-state index in [1.54, 1.807) is 42.6 Å². The van der Waals surface area contributed by atoms with E-state index in [0.29, 0.717) is 5.69 Å². The molecule has 0 aromatic heterocycles. The van der Waals surface area contributed by atoms with E-state index in [-0.39, 0.29) is 4.90 Å². The first-order valence-electron chi connectivity index (χ1n) is 11.4. The van der Waals surface area contributed by atoms with Gasteiger partial charge in [-0.2, -0.15) is 5.10 Å². The molecular weight excluding hydrogens is 458 g/mol. The van der Waals surface area contributed by atoms with Gasteiger partial charge in [0.2, 0.25) is 0 Å². The highest BCUT2D eigenvalue weighted by Gasteiger charge is 2.27. The van der Waals surface area contributed by atoms with E-state index in [0.717, 1.165) is 33.7 Å². The number of nitrogens with zero attached hydrogens (tertiary/aromatic N) is 2. The van der Waals surface area contributed by atoms with E-state index >= 15 is 0 Å². The maximum atomic E-state index is 13.4. The van der Waals surface area contributed by atoms with E-state index < -0.39 is 22.5 Å². The molecule has 1 aliphatic rings. The van der Waals surface area contributed by atoms with Crippen molar-refractivity contribution >= 4 is 38.6 Å². The third kappa shape index (κ3) is 4.55. The predicted molar refractivity (Wildman–Crippen MR) is 139 cm³/mol. The predicted octanol–water partition coefficient (Wildman–Crippen LogP) is 4.59. The van der Waals surface area contributed by atoms with Gasteiger partial charge < -0.3 is 0 Å². The number of hydrogen-bond acceptors (Lipinski definition) is 4. The third-order valence-electron chi connectivity index (χ3n) is 6.21. The molecule has 176 valence electrons. The Bertz CT molecular complexity index is 1540. The smallest absolute Gasteiger partial charge is 0.264 e. The molecule has 0 saturated carbocycles. The minimum absolute atomic E-state index is 0.116. The highest BCUT2D eigenvalue weighted by molar-refractivity contribution is 7.92. The number of hydrazone groups is 1. The summed E-state index contributed by atoms with van der Waals surface area (Å²) in [6.07, 6.45) is 3.69. The highest BCUT2D eigenvalue weighted by Crippen LogP contribution is 2.32. The molecule has 0 atom stereocenters. The SMILES string of the molecule is Cc1cccc(N(CC(=O)N/N=C/c2ccc3c4c(cccc24)CC3)S(=O)(=O)c2ccccc2)c1. The lowest BCUT2D eigenvalue weighted by atomic mass is 10.0. The van der Waals surface area contributed by atoms with Gasteiger partial charge in [0.1, 0.15) is 6.54 Å². The Kier molecular flexibility index (Phi) is 6.09. The lowest BCUT2D eigenvalue weighted by Crippen LogP contribution is -2.39. The first-order valence-corrected chi connectivity index (χ1v) is 12.9. The number of rotatable bonds is 7. The van der Waals surface area contributed by atoms with Crippen LogP contribution >= 0.6 is 0 Å². The maximum absolute atomic E-state index is 13.4. The molecule has 1 aliphatic carbocycles. The van der Waals surface area contributed by atoms with Crippen molar-refractivity contribution in [1.29, 1.82) is 0 Å². The van der Waals surface area contributed by atoms with E-state index in [9.17, 15) is 13.2 Å². The normalized spacial score (nSPS) is 12.8. The van der Waals surface area contributed by atoms with Crippen LogP contribution in [0.3, 0.4) is 0 Å². The van der Waals surface area contributed by atoms with Crippen LogP contribution in [-0.4, -0.2) is 27.1 Å². The molecule has 0 radical (unpaired) electrons. The molecule has 0 bridgehead atoms. The highest BCUT2D eigenvalue weighted by atomic mass is 32.2. The van der Waals surface area contributed by atoms with Crippen molar-refractivity contribution in [1.82, 2.24) is 5.43 Å². The van der Waals surface area contributed by atoms with Gasteiger partial charge in [-0.3, -0.25) is 9.10 Å². The molecule has 4 aromatic rings. The van der Waals surface area contributed by atoms with Gasteiger partial charge in [-0.05, 0) is 71.5 Å². The molecule has 4 aromatic carbocycles. The fraction of sp³-hybridized carbons (Fsp3) is 0.143. The molecule has 0 unspecified atom stereocenters. The number of carbonyl (C=O) groups excluding carboxylic acids is 1. The van der Waals surface area contributed by atoms with Crippen molar-refractivity contribution in [2.75, 3.05) is 10.8 Å². The average molecular weight is 484 g/mol. The first-order chi connectivity index (χ1) is 16.9. The van der Waals surface area contributed by atoms with Crippen molar-refractivity contribution in [2.24, 2.45) is 5.10 Å². The fourth-order valence-corrected chi connectivity index (χ4v) is 5.97. The summed E-state index contributed by atoms with van der Waals surface area (Å²) in [6, 6.07) is 25.5. The minimum atomic E-state index is -3.95. The minimum Gasteiger partial charge on any atom is -0.271 e. The van der Waals surface area contributed by atoms with Crippen LogP contribution in [0.25, 0.3) is 10.8 Å². The van der Waals surface area contributed by atoms with Gasteiger partial charge in [0, 0.05) is 5.56 Å². The lowest BCUT2D eigenvalue weighted by Gasteiger charge is -2.24. The molecule has 7 heteroatoms. The Morgan fingerprint density at radius 3 is 2.46 bits per heavy atom. The molecule has 6 nitrogen and oxygen atoms in total. The molecule has 0 saturated heterocycles. The van der Waals surface area contributed by atoms with Gasteiger partial charge >= 0.3 is 0 Å². The number of nitrogens with one attached hydrogen (secondary N) is 1. The van der Waals surface area contributed by atoms with E-state index in [1.165, 1.54) is 28.6 Å². The lowest BCUT2D eigenvalue weighted by molar-refractivity contribution is -0.119. The van der Waals surface area contributed by atoms with Crippen LogP contribution < -0.4 is 9.73 Å². The second-order valence-corrected chi connectivity index (χ2v) is 10.5. The largest absolute Gasteiger partial charge is 0.271 e. The summed E-state index contributed by atoms with van der Waals surface area (Å²) < 4.78 is 27.9. The summed E-state index contributed by atoms with van der Waals surface area (Å²) in [7, 11) is -3.95.